The van der Waals surface area contributed by atoms with Gasteiger partial charge in [-0.15, -0.1) is 0 Å². The Hall–Kier alpha value is -1.01. The van der Waals surface area contributed by atoms with Gasteiger partial charge in [-0.1, -0.05) is 13.0 Å². The van der Waals surface area contributed by atoms with Crippen molar-refractivity contribution >= 4 is 22.6 Å². The molecule has 3 nitrogen and oxygen atoms in total. The number of halogens is 1. The minimum Gasteiger partial charge on any atom is -0.486 e. The molecule has 0 aliphatic carbocycles. The van der Waals surface area contributed by atoms with Gasteiger partial charge >= 0.3 is 0 Å². The van der Waals surface area contributed by atoms with Crippen molar-refractivity contribution in [2.45, 2.75) is 20.1 Å². The third kappa shape index (κ3) is 4.03. The van der Waals surface area contributed by atoms with Gasteiger partial charge in [-0.3, -0.25) is 0 Å². The molecule has 0 saturated carbocycles. The van der Waals surface area contributed by atoms with E-state index < -0.39 is 0 Å². The number of furan rings is 1. The molecule has 0 aliphatic heterocycles. The lowest BCUT2D eigenvalue weighted by Crippen LogP contribution is -2.10. The maximum Gasteiger partial charge on any atom is 0.146 e. The first kappa shape index (κ1) is 13.4. The van der Waals surface area contributed by atoms with Gasteiger partial charge in [-0.2, -0.15) is 0 Å². The molecule has 0 unspecified atom stereocenters. The van der Waals surface area contributed by atoms with Crippen molar-refractivity contribution in [3.63, 3.8) is 0 Å². The summed E-state index contributed by atoms with van der Waals surface area (Å²) < 4.78 is 12.5. The van der Waals surface area contributed by atoms with Crippen molar-refractivity contribution in [1.82, 2.24) is 5.32 Å². The second-order valence-corrected chi connectivity index (χ2v) is 5.14. The first-order valence-electron chi connectivity index (χ1n) is 5.94. The summed E-state index contributed by atoms with van der Waals surface area (Å²) in [6.07, 6.45) is 0. The zero-order chi connectivity index (χ0) is 12.8. The first-order valence-corrected chi connectivity index (χ1v) is 7.02. The second-order valence-electron chi connectivity index (χ2n) is 3.89. The van der Waals surface area contributed by atoms with Gasteiger partial charge in [-0.25, -0.2) is 0 Å². The highest BCUT2D eigenvalue weighted by Crippen LogP contribution is 2.17. The molecule has 1 heterocycles. The van der Waals surface area contributed by atoms with Crippen LogP contribution in [0, 0.1) is 3.57 Å². The van der Waals surface area contributed by atoms with E-state index in [2.05, 4.69) is 34.8 Å². The molecule has 1 N–H and O–H groups in total. The molecule has 1 aromatic heterocycles. The Kier molecular flexibility index (Phi) is 5.07. The average molecular weight is 357 g/mol. The van der Waals surface area contributed by atoms with Crippen LogP contribution >= 0.6 is 22.6 Å². The Balaban J connectivity index is 1.88. The molecule has 0 spiro atoms. The van der Waals surface area contributed by atoms with Crippen LogP contribution in [0.5, 0.6) is 5.75 Å². The Morgan fingerprint density at radius 1 is 1.22 bits per heavy atom. The van der Waals surface area contributed by atoms with Crippen molar-refractivity contribution < 1.29 is 9.15 Å². The lowest BCUT2D eigenvalue weighted by atomic mass is 10.3. The maximum absolute atomic E-state index is 5.67. The lowest BCUT2D eigenvalue weighted by molar-refractivity contribution is 0.265. The summed E-state index contributed by atoms with van der Waals surface area (Å²) in [7, 11) is 0. The van der Waals surface area contributed by atoms with E-state index >= 15 is 0 Å². The normalized spacial score (nSPS) is 10.6. The number of rotatable bonds is 6. The monoisotopic (exact) mass is 357 g/mol. The zero-order valence-electron chi connectivity index (χ0n) is 10.3. The molecule has 2 aromatic rings. The smallest absolute Gasteiger partial charge is 0.146 e. The van der Waals surface area contributed by atoms with E-state index in [1.165, 1.54) is 0 Å². The van der Waals surface area contributed by atoms with Crippen LogP contribution in [0.1, 0.15) is 18.4 Å². The Morgan fingerprint density at radius 2 is 2.06 bits per heavy atom. The van der Waals surface area contributed by atoms with E-state index in [1.54, 1.807) is 0 Å². The molecule has 0 bridgehead atoms. The van der Waals surface area contributed by atoms with Gasteiger partial charge in [0.15, 0.2) is 0 Å². The molecule has 0 radical (unpaired) electrons. The van der Waals surface area contributed by atoms with Gasteiger partial charge in [-0.05, 0) is 59.5 Å². The number of benzene rings is 1. The number of ether oxygens (including phenoxy) is 1. The molecule has 0 amide bonds. The third-order valence-electron chi connectivity index (χ3n) is 2.44. The van der Waals surface area contributed by atoms with Crippen molar-refractivity contribution in [3.8, 4) is 5.75 Å². The van der Waals surface area contributed by atoms with Crippen LogP contribution in [0.25, 0.3) is 0 Å². The van der Waals surface area contributed by atoms with Crippen molar-refractivity contribution in [1.29, 1.82) is 0 Å². The molecule has 2 rings (SSSR count). The third-order valence-corrected chi connectivity index (χ3v) is 3.11. The first-order chi connectivity index (χ1) is 8.78. The molecule has 96 valence electrons. The van der Waals surface area contributed by atoms with Gasteiger partial charge in [0.25, 0.3) is 0 Å². The van der Waals surface area contributed by atoms with Crippen LogP contribution < -0.4 is 10.1 Å². The summed E-state index contributed by atoms with van der Waals surface area (Å²) in [6, 6.07) is 11.9. The highest BCUT2D eigenvalue weighted by molar-refractivity contribution is 14.1. The molecule has 4 heteroatoms. The molecular formula is C14H16INO2. The minimum absolute atomic E-state index is 0.465. The van der Waals surface area contributed by atoms with Gasteiger partial charge in [0, 0.05) is 3.57 Å². The van der Waals surface area contributed by atoms with Crippen LogP contribution in [0.15, 0.2) is 40.8 Å². The van der Waals surface area contributed by atoms with Crippen LogP contribution in [-0.4, -0.2) is 6.54 Å². The van der Waals surface area contributed by atoms with Gasteiger partial charge in [0.05, 0.1) is 6.54 Å². The molecule has 0 saturated heterocycles. The standard InChI is InChI=1S/C14H16INO2/c1-2-16-9-13-6-7-14(18-13)10-17-12-5-3-4-11(15)8-12/h3-8,16H,2,9-10H2,1H3. The quantitative estimate of drug-likeness (QED) is 0.803. The Bertz CT molecular complexity index is 496. The minimum atomic E-state index is 0.465. The summed E-state index contributed by atoms with van der Waals surface area (Å²) in [5.41, 5.74) is 0. The molecule has 1 aromatic carbocycles. The second kappa shape index (κ2) is 6.80. The summed E-state index contributed by atoms with van der Waals surface area (Å²) in [6.45, 7) is 4.24. The van der Waals surface area contributed by atoms with Crippen LogP contribution in [0.3, 0.4) is 0 Å². The SMILES string of the molecule is CCNCc1ccc(COc2cccc(I)c2)o1. The Morgan fingerprint density at radius 3 is 2.83 bits per heavy atom. The van der Waals surface area contributed by atoms with Crippen molar-refractivity contribution in [2.24, 2.45) is 0 Å². The molecule has 0 atom stereocenters. The highest BCUT2D eigenvalue weighted by Gasteiger charge is 2.02. The van der Waals surface area contributed by atoms with E-state index in [4.69, 9.17) is 9.15 Å². The summed E-state index contributed by atoms with van der Waals surface area (Å²) in [5.74, 6) is 2.66. The predicted molar refractivity (Wildman–Crippen MR) is 79.6 cm³/mol. The van der Waals surface area contributed by atoms with Crippen molar-refractivity contribution in [2.75, 3.05) is 6.54 Å². The van der Waals surface area contributed by atoms with Crippen LogP contribution in [0.2, 0.25) is 0 Å². The fourth-order valence-corrected chi connectivity index (χ4v) is 2.07. The number of hydrogen-bond donors (Lipinski definition) is 1. The van der Waals surface area contributed by atoms with E-state index in [-0.39, 0.29) is 0 Å². The Labute approximate surface area is 121 Å². The van der Waals surface area contributed by atoms with E-state index in [9.17, 15) is 0 Å². The predicted octanol–water partition coefficient (Wildman–Crippen LogP) is 3.57. The average Bonchev–Trinajstić information content (AvgIpc) is 2.82. The molecular weight excluding hydrogens is 341 g/mol. The number of hydrogen-bond acceptors (Lipinski definition) is 3. The fourth-order valence-electron chi connectivity index (χ4n) is 1.55. The van der Waals surface area contributed by atoms with Crippen molar-refractivity contribution in [3.05, 3.63) is 51.5 Å². The summed E-state index contributed by atoms with van der Waals surface area (Å²) in [4.78, 5) is 0. The summed E-state index contributed by atoms with van der Waals surface area (Å²) in [5, 5.41) is 3.22. The van der Waals surface area contributed by atoms with E-state index in [0.717, 1.165) is 33.9 Å². The zero-order valence-corrected chi connectivity index (χ0v) is 12.4. The van der Waals surface area contributed by atoms with E-state index in [0.29, 0.717) is 6.61 Å². The van der Waals surface area contributed by atoms with Gasteiger partial charge < -0.3 is 14.5 Å². The fraction of sp³-hybridized carbons (Fsp3) is 0.286. The topological polar surface area (TPSA) is 34.4 Å². The molecule has 0 fully saturated rings. The summed E-state index contributed by atoms with van der Waals surface area (Å²) >= 11 is 2.27. The van der Waals surface area contributed by atoms with Crippen LogP contribution in [0.4, 0.5) is 0 Å². The lowest BCUT2D eigenvalue weighted by Gasteiger charge is -2.04. The maximum atomic E-state index is 5.67. The van der Waals surface area contributed by atoms with E-state index in [1.807, 2.05) is 36.4 Å². The van der Waals surface area contributed by atoms with Gasteiger partial charge in [0.1, 0.15) is 23.9 Å². The van der Waals surface area contributed by atoms with Crippen LogP contribution in [-0.2, 0) is 13.2 Å². The van der Waals surface area contributed by atoms with Gasteiger partial charge in [0.2, 0.25) is 0 Å². The largest absolute Gasteiger partial charge is 0.486 e. The highest BCUT2D eigenvalue weighted by atomic mass is 127. The molecule has 0 aliphatic rings. The number of nitrogens with one attached hydrogen (secondary N) is 1. The molecule has 18 heavy (non-hydrogen) atoms.